The van der Waals surface area contributed by atoms with Crippen molar-refractivity contribution < 1.29 is 14.7 Å². The Bertz CT molecular complexity index is 1000. The third-order valence-corrected chi connectivity index (χ3v) is 6.93. The van der Waals surface area contributed by atoms with Crippen LogP contribution in [-0.4, -0.2) is 27.8 Å². The van der Waals surface area contributed by atoms with Crippen molar-refractivity contribution in [3.8, 4) is 0 Å². The highest BCUT2D eigenvalue weighted by atomic mass is 32.2. The second-order valence-corrected chi connectivity index (χ2v) is 8.48. The van der Waals surface area contributed by atoms with E-state index in [1.165, 1.54) is 28.8 Å². The number of carboxylic acid groups (broad SMARTS) is 1. The minimum Gasteiger partial charge on any atom is -0.478 e. The van der Waals surface area contributed by atoms with E-state index in [1.54, 1.807) is 23.9 Å². The van der Waals surface area contributed by atoms with E-state index >= 15 is 0 Å². The van der Waals surface area contributed by atoms with Crippen LogP contribution in [0, 0.1) is 0 Å². The Morgan fingerprint density at radius 2 is 1.81 bits per heavy atom. The van der Waals surface area contributed by atoms with Crippen molar-refractivity contribution in [1.29, 1.82) is 0 Å². The molecule has 0 saturated carbocycles. The number of anilines is 2. The van der Waals surface area contributed by atoms with Crippen LogP contribution >= 0.6 is 35.7 Å². The van der Waals surface area contributed by atoms with Crippen LogP contribution in [-0.2, 0) is 4.79 Å². The summed E-state index contributed by atoms with van der Waals surface area (Å²) < 4.78 is 0.443. The molecule has 0 unspecified atom stereocenters. The van der Waals surface area contributed by atoms with Gasteiger partial charge in [-0.15, -0.1) is 0 Å². The third-order valence-electron chi connectivity index (χ3n) is 4.26. The van der Waals surface area contributed by atoms with Gasteiger partial charge in [-0.2, -0.15) is 0 Å². The average molecular weight is 415 g/mol. The average Bonchev–Trinajstić information content (AvgIpc) is 3.18. The van der Waals surface area contributed by atoms with Gasteiger partial charge in [-0.25, -0.2) is 4.79 Å². The van der Waals surface area contributed by atoms with E-state index in [4.69, 9.17) is 17.3 Å². The molecule has 2 aromatic carbocycles. The molecule has 2 aliphatic rings. The van der Waals surface area contributed by atoms with E-state index in [9.17, 15) is 9.59 Å². The maximum absolute atomic E-state index is 13.1. The molecule has 1 fully saturated rings. The number of fused-ring (bicyclic) bond motifs is 1. The first-order chi connectivity index (χ1) is 13.0. The Labute approximate surface area is 170 Å². The van der Waals surface area contributed by atoms with Crippen molar-refractivity contribution in [2.45, 2.75) is 11.8 Å². The summed E-state index contributed by atoms with van der Waals surface area (Å²) in [5.41, 5.74) is 1.83. The van der Waals surface area contributed by atoms with Gasteiger partial charge < -0.3 is 10.0 Å². The fourth-order valence-corrected chi connectivity index (χ4v) is 5.66. The quantitative estimate of drug-likeness (QED) is 0.584. The smallest absolute Gasteiger partial charge is 0.335 e. The van der Waals surface area contributed by atoms with Crippen molar-refractivity contribution in [2.24, 2.45) is 0 Å². The fraction of sp³-hybridized carbons (Fsp3) is 0.105. The minimum atomic E-state index is -1.01. The molecule has 0 bridgehead atoms. The molecular formula is C19H14N2O3S3. The Morgan fingerprint density at radius 1 is 1.11 bits per heavy atom. The van der Waals surface area contributed by atoms with Crippen molar-refractivity contribution >= 4 is 63.3 Å². The summed E-state index contributed by atoms with van der Waals surface area (Å²) >= 11 is 8.31. The number of thiocarbonyl (C=S) groups is 1. The molecule has 1 saturated heterocycles. The number of amides is 1. The van der Waals surface area contributed by atoms with E-state index < -0.39 is 5.97 Å². The number of benzene rings is 2. The number of rotatable bonds is 3. The lowest BCUT2D eigenvalue weighted by molar-refractivity contribution is -0.113. The van der Waals surface area contributed by atoms with Gasteiger partial charge in [0.2, 0.25) is 0 Å². The van der Waals surface area contributed by atoms with Gasteiger partial charge >= 0.3 is 5.97 Å². The van der Waals surface area contributed by atoms with Crippen molar-refractivity contribution in [3.05, 3.63) is 64.0 Å². The highest BCUT2D eigenvalue weighted by molar-refractivity contribution is 8.27. The zero-order valence-corrected chi connectivity index (χ0v) is 16.7. The van der Waals surface area contributed by atoms with Crippen molar-refractivity contribution in [3.63, 3.8) is 0 Å². The zero-order valence-electron chi connectivity index (χ0n) is 14.2. The highest BCUT2D eigenvalue weighted by Crippen LogP contribution is 2.50. The molecule has 0 radical (unpaired) electrons. The first kappa shape index (κ1) is 18.1. The van der Waals surface area contributed by atoms with Crippen LogP contribution in [0.15, 0.2) is 63.4 Å². The van der Waals surface area contributed by atoms with Gasteiger partial charge in [0.05, 0.1) is 16.9 Å². The predicted molar refractivity (Wildman–Crippen MR) is 113 cm³/mol. The normalized spacial score (nSPS) is 19.0. The van der Waals surface area contributed by atoms with Gasteiger partial charge in [0, 0.05) is 11.4 Å². The van der Waals surface area contributed by atoms with Gasteiger partial charge in [-0.3, -0.25) is 9.69 Å². The summed E-state index contributed by atoms with van der Waals surface area (Å²) in [6.07, 6.45) is 0. The molecular weight excluding hydrogens is 400 g/mol. The van der Waals surface area contributed by atoms with Gasteiger partial charge in [-0.1, -0.05) is 47.9 Å². The summed E-state index contributed by atoms with van der Waals surface area (Å²) in [6.45, 7) is 2.80. The molecule has 0 spiro atoms. The van der Waals surface area contributed by atoms with Crippen LogP contribution in [0.25, 0.3) is 0 Å². The van der Waals surface area contributed by atoms with Gasteiger partial charge in [0.15, 0.2) is 4.32 Å². The van der Waals surface area contributed by atoms with Gasteiger partial charge in [-0.05, 0) is 43.3 Å². The molecule has 1 N–H and O–H groups in total. The second kappa shape index (κ2) is 7.03. The second-order valence-electron chi connectivity index (χ2n) is 5.81. The summed E-state index contributed by atoms with van der Waals surface area (Å²) in [5, 5.41) is 9.94. The number of carboxylic acids is 1. The monoisotopic (exact) mass is 414 g/mol. The van der Waals surface area contributed by atoms with E-state index in [1.807, 2.05) is 31.2 Å². The number of hydrogen-bond acceptors (Lipinski definition) is 6. The van der Waals surface area contributed by atoms with Crippen LogP contribution in [0.3, 0.4) is 0 Å². The molecule has 4 rings (SSSR count). The van der Waals surface area contributed by atoms with E-state index in [0.29, 0.717) is 14.9 Å². The fourth-order valence-electron chi connectivity index (χ4n) is 2.99. The third kappa shape index (κ3) is 3.03. The molecule has 2 heterocycles. The van der Waals surface area contributed by atoms with E-state index in [-0.39, 0.29) is 11.5 Å². The molecule has 5 nitrogen and oxygen atoms in total. The van der Waals surface area contributed by atoms with Crippen LogP contribution in [0.4, 0.5) is 11.4 Å². The first-order valence-electron chi connectivity index (χ1n) is 8.19. The van der Waals surface area contributed by atoms with E-state index in [2.05, 4.69) is 4.90 Å². The number of aromatic carboxylic acids is 1. The standard InChI is InChI=1S/C19H14N2O3S3/c1-2-20-13-5-3-4-6-14(13)26-17(20)15-16(22)21(19(25)27-15)12-9-7-11(8-10-12)18(23)24/h3-10H,2H2,1H3,(H,23,24). The van der Waals surface area contributed by atoms with Crippen LogP contribution in [0.1, 0.15) is 17.3 Å². The Hall–Kier alpha value is -2.29. The van der Waals surface area contributed by atoms with Crippen LogP contribution in [0.5, 0.6) is 0 Å². The number of nitrogens with zero attached hydrogens (tertiary/aromatic N) is 2. The van der Waals surface area contributed by atoms with Gasteiger partial charge in [0.1, 0.15) is 9.93 Å². The molecule has 1 amide bonds. The summed E-state index contributed by atoms with van der Waals surface area (Å²) in [6, 6.07) is 14.2. The maximum atomic E-state index is 13.1. The number of thioether (sulfide) groups is 2. The lowest BCUT2D eigenvalue weighted by Crippen LogP contribution is -2.28. The predicted octanol–water partition coefficient (Wildman–Crippen LogP) is 4.55. The molecule has 0 aliphatic carbocycles. The maximum Gasteiger partial charge on any atom is 0.335 e. The van der Waals surface area contributed by atoms with Crippen LogP contribution in [0.2, 0.25) is 0 Å². The SMILES string of the molecule is CCN1C(=C2SC(=S)N(c3ccc(C(=O)O)cc3)C2=O)Sc2ccccc21. The first-order valence-corrected chi connectivity index (χ1v) is 10.2. The molecule has 27 heavy (non-hydrogen) atoms. The lowest BCUT2D eigenvalue weighted by atomic mass is 10.2. The Balaban J connectivity index is 1.71. The van der Waals surface area contributed by atoms with Gasteiger partial charge in [0.25, 0.3) is 5.91 Å². The number of hydrogen-bond donors (Lipinski definition) is 1. The van der Waals surface area contributed by atoms with Crippen molar-refractivity contribution in [2.75, 3.05) is 16.3 Å². The summed E-state index contributed by atoms with van der Waals surface area (Å²) in [5.74, 6) is -1.19. The Kier molecular flexibility index (Phi) is 4.71. The molecule has 8 heteroatoms. The van der Waals surface area contributed by atoms with E-state index in [0.717, 1.165) is 22.2 Å². The number of para-hydroxylation sites is 1. The number of carbonyl (C=O) groups is 2. The lowest BCUT2D eigenvalue weighted by Gasteiger charge is -2.19. The molecule has 0 aromatic heterocycles. The minimum absolute atomic E-state index is 0.168. The molecule has 136 valence electrons. The summed E-state index contributed by atoms with van der Waals surface area (Å²) in [7, 11) is 0. The zero-order chi connectivity index (χ0) is 19.1. The molecule has 2 aliphatic heterocycles. The summed E-state index contributed by atoms with van der Waals surface area (Å²) in [4.78, 5) is 29.5. The van der Waals surface area contributed by atoms with Crippen LogP contribution < -0.4 is 9.80 Å². The largest absolute Gasteiger partial charge is 0.478 e. The Morgan fingerprint density at radius 3 is 2.48 bits per heavy atom. The van der Waals surface area contributed by atoms with Crippen molar-refractivity contribution in [1.82, 2.24) is 0 Å². The topological polar surface area (TPSA) is 60.9 Å². The molecule has 2 aromatic rings. The number of carbonyl (C=O) groups excluding carboxylic acids is 1. The molecule has 0 atom stereocenters. The highest BCUT2D eigenvalue weighted by Gasteiger charge is 2.39.